The van der Waals surface area contributed by atoms with Crippen molar-refractivity contribution in [3.05, 3.63) is 57.6 Å². The molecule has 0 fully saturated rings. The van der Waals surface area contributed by atoms with E-state index in [1.807, 2.05) is 36.4 Å². The molecule has 0 aliphatic heterocycles. The van der Waals surface area contributed by atoms with Crippen LogP contribution in [0.2, 0.25) is 0 Å². The molecule has 0 bridgehead atoms. The van der Waals surface area contributed by atoms with Gasteiger partial charge < -0.3 is 10.5 Å². The molecule has 2 aromatic carbocycles. The summed E-state index contributed by atoms with van der Waals surface area (Å²) in [6.07, 6.45) is 0. The Bertz CT molecular complexity index is 640. The maximum Gasteiger partial charge on any atom is 0.138 e. The number of aryl methyl sites for hydroxylation is 2. The summed E-state index contributed by atoms with van der Waals surface area (Å²) in [4.78, 5) is 0.325. The van der Waals surface area contributed by atoms with Crippen LogP contribution in [-0.4, -0.2) is 4.99 Å². The van der Waals surface area contributed by atoms with Crippen molar-refractivity contribution in [2.75, 3.05) is 0 Å². The maximum atomic E-state index is 5.89. The fourth-order valence-corrected chi connectivity index (χ4v) is 2.20. The van der Waals surface area contributed by atoms with Gasteiger partial charge in [-0.3, -0.25) is 0 Å². The molecule has 19 heavy (non-hydrogen) atoms. The van der Waals surface area contributed by atoms with E-state index >= 15 is 0 Å². The van der Waals surface area contributed by atoms with Crippen LogP contribution in [0.25, 0.3) is 0 Å². The number of ether oxygens (including phenoxy) is 1. The van der Waals surface area contributed by atoms with Gasteiger partial charge in [-0.2, -0.15) is 0 Å². The molecule has 0 unspecified atom stereocenters. The minimum Gasteiger partial charge on any atom is -0.457 e. The minimum atomic E-state index is 0.325. The van der Waals surface area contributed by atoms with E-state index in [0.29, 0.717) is 10.7 Å². The van der Waals surface area contributed by atoms with Crippen molar-refractivity contribution < 1.29 is 4.74 Å². The fourth-order valence-electron chi connectivity index (χ4n) is 1.69. The van der Waals surface area contributed by atoms with E-state index in [1.165, 1.54) is 11.1 Å². The van der Waals surface area contributed by atoms with E-state index in [9.17, 15) is 0 Å². The summed E-state index contributed by atoms with van der Waals surface area (Å²) in [5.41, 5.74) is 8.86. The highest BCUT2D eigenvalue weighted by Gasteiger charge is 2.09. The Balaban J connectivity index is 2.39. The van der Waals surface area contributed by atoms with E-state index in [1.54, 1.807) is 0 Å². The Morgan fingerprint density at radius 1 is 1.11 bits per heavy atom. The number of rotatable bonds is 3. The first-order valence-corrected chi connectivity index (χ1v) is 7.02. The first-order chi connectivity index (χ1) is 8.97. The van der Waals surface area contributed by atoms with Crippen molar-refractivity contribution >= 4 is 33.1 Å². The van der Waals surface area contributed by atoms with Gasteiger partial charge in [0.15, 0.2) is 0 Å². The van der Waals surface area contributed by atoms with Crippen molar-refractivity contribution in [1.82, 2.24) is 0 Å². The molecule has 0 saturated carbocycles. The smallest absolute Gasteiger partial charge is 0.138 e. The first kappa shape index (κ1) is 14.0. The van der Waals surface area contributed by atoms with Crippen LogP contribution in [0, 0.1) is 13.8 Å². The van der Waals surface area contributed by atoms with E-state index in [0.717, 1.165) is 15.8 Å². The second-order valence-corrected chi connectivity index (χ2v) is 5.71. The third kappa shape index (κ3) is 3.33. The van der Waals surface area contributed by atoms with E-state index in [4.69, 9.17) is 22.7 Å². The molecular formula is C15H14BrNOS. The number of benzene rings is 2. The Hall–Kier alpha value is -1.39. The summed E-state index contributed by atoms with van der Waals surface area (Å²) in [6.45, 7) is 4.12. The summed E-state index contributed by atoms with van der Waals surface area (Å²) >= 11 is 8.46. The zero-order valence-corrected chi connectivity index (χ0v) is 13.1. The highest BCUT2D eigenvalue weighted by Crippen LogP contribution is 2.29. The largest absolute Gasteiger partial charge is 0.457 e. The molecule has 2 aromatic rings. The van der Waals surface area contributed by atoms with Crippen LogP contribution < -0.4 is 10.5 Å². The molecule has 0 aromatic heterocycles. The number of halogens is 1. The Labute approximate surface area is 126 Å². The summed E-state index contributed by atoms with van der Waals surface area (Å²) in [5.74, 6) is 1.43. The third-order valence-corrected chi connectivity index (χ3v) is 3.63. The summed E-state index contributed by atoms with van der Waals surface area (Å²) in [5, 5.41) is 0. The quantitative estimate of drug-likeness (QED) is 0.839. The van der Waals surface area contributed by atoms with Crippen LogP contribution in [0.4, 0.5) is 0 Å². The summed E-state index contributed by atoms with van der Waals surface area (Å²) in [7, 11) is 0. The van der Waals surface area contributed by atoms with Crippen molar-refractivity contribution in [3.8, 4) is 11.5 Å². The summed E-state index contributed by atoms with van der Waals surface area (Å²) in [6, 6.07) is 11.6. The highest BCUT2D eigenvalue weighted by molar-refractivity contribution is 9.10. The van der Waals surface area contributed by atoms with Crippen LogP contribution in [0.15, 0.2) is 40.9 Å². The molecule has 98 valence electrons. The van der Waals surface area contributed by atoms with Crippen molar-refractivity contribution in [2.45, 2.75) is 13.8 Å². The van der Waals surface area contributed by atoms with Gasteiger partial charge in [-0.05, 0) is 55.3 Å². The Morgan fingerprint density at radius 2 is 1.84 bits per heavy atom. The zero-order valence-electron chi connectivity index (χ0n) is 10.7. The lowest BCUT2D eigenvalue weighted by Crippen LogP contribution is -2.10. The molecule has 0 aliphatic rings. The maximum absolute atomic E-state index is 5.89. The first-order valence-electron chi connectivity index (χ1n) is 5.82. The molecule has 4 heteroatoms. The van der Waals surface area contributed by atoms with Crippen LogP contribution >= 0.6 is 28.1 Å². The lowest BCUT2D eigenvalue weighted by molar-refractivity contribution is 0.481. The molecule has 2 nitrogen and oxygen atoms in total. The standard InChI is InChI=1S/C15H14BrNOS/c1-9-3-5-12(7-10(9)2)18-14-8-11(16)4-6-13(14)15(17)19/h3-8H,1-2H3,(H2,17,19). The van der Waals surface area contributed by atoms with Crippen LogP contribution in [-0.2, 0) is 0 Å². The van der Waals surface area contributed by atoms with Crippen molar-refractivity contribution in [1.29, 1.82) is 0 Å². The van der Waals surface area contributed by atoms with Gasteiger partial charge in [0.25, 0.3) is 0 Å². The number of nitrogens with two attached hydrogens (primary N) is 1. The van der Waals surface area contributed by atoms with Gasteiger partial charge in [-0.15, -0.1) is 0 Å². The topological polar surface area (TPSA) is 35.2 Å². The fraction of sp³-hybridized carbons (Fsp3) is 0.133. The molecule has 0 radical (unpaired) electrons. The number of hydrogen-bond acceptors (Lipinski definition) is 2. The van der Waals surface area contributed by atoms with Gasteiger partial charge in [-0.25, -0.2) is 0 Å². The van der Waals surface area contributed by atoms with Gasteiger partial charge in [0.2, 0.25) is 0 Å². The molecule has 0 atom stereocenters. The van der Waals surface area contributed by atoms with Gasteiger partial charge in [0.1, 0.15) is 16.5 Å². The molecular weight excluding hydrogens is 322 g/mol. The number of hydrogen-bond donors (Lipinski definition) is 1. The lowest BCUT2D eigenvalue weighted by atomic mass is 10.1. The van der Waals surface area contributed by atoms with Crippen LogP contribution in [0.3, 0.4) is 0 Å². The monoisotopic (exact) mass is 335 g/mol. The molecule has 0 spiro atoms. The predicted octanol–water partition coefficient (Wildman–Crippen LogP) is 4.49. The zero-order chi connectivity index (χ0) is 14.0. The van der Waals surface area contributed by atoms with Gasteiger partial charge in [0.05, 0.1) is 5.56 Å². The van der Waals surface area contributed by atoms with E-state index in [2.05, 4.69) is 29.8 Å². The average Bonchev–Trinajstić information content (AvgIpc) is 2.33. The minimum absolute atomic E-state index is 0.325. The molecule has 0 heterocycles. The summed E-state index contributed by atoms with van der Waals surface area (Å²) < 4.78 is 6.81. The van der Waals surface area contributed by atoms with Crippen molar-refractivity contribution in [3.63, 3.8) is 0 Å². The van der Waals surface area contributed by atoms with Crippen molar-refractivity contribution in [2.24, 2.45) is 5.73 Å². The third-order valence-electron chi connectivity index (χ3n) is 2.92. The molecule has 2 rings (SSSR count). The molecule has 0 saturated heterocycles. The van der Waals surface area contributed by atoms with Crippen LogP contribution in [0.5, 0.6) is 11.5 Å². The SMILES string of the molecule is Cc1ccc(Oc2cc(Br)ccc2C(N)=S)cc1C. The lowest BCUT2D eigenvalue weighted by Gasteiger charge is -2.12. The molecule has 0 amide bonds. The normalized spacial score (nSPS) is 10.3. The highest BCUT2D eigenvalue weighted by atomic mass is 79.9. The second-order valence-electron chi connectivity index (χ2n) is 4.35. The van der Waals surface area contributed by atoms with E-state index in [-0.39, 0.29) is 0 Å². The van der Waals surface area contributed by atoms with Gasteiger partial charge in [-0.1, -0.05) is 34.2 Å². The molecule has 0 aliphatic carbocycles. The number of thiocarbonyl (C=S) groups is 1. The predicted molar refractivity (Wildman–Crippen MR) is 86.0 cm³/mol. The Kier molecular flexibility index (Phi) is 4.22. The molecule has 2 N–H and O–H groups in total. The van der Waals surface area contributed by atoms with Gasteiger partial charge in [0, 0.05) is 4.47 Å². The Morgan fingerprint density at radius 3 is 2.47 bits per heavy atom. The second kappa shape index (κ2) is 5.72. The van der Waals surface area contributed by atoms with E-state index < -0.39 is 0 Å². The van der Waals surface area contributed by atoms with Gasteiger partial charge >= 0.3 is 0 Å². The van der Waals surface area contributed by atoms with Crippen LogP contribution in [0.1, 0.15) is 16.7 Å². The average molecular weight is 336 g/mol.